The molecule has 4 rings (SSSR count). The van der Waals surface area contributed by atoms with E-state index in [9.17, 15) is 0 Å². The number of anilines is 1. The van der Waals surface area contributed by atoms with Crippen molar-refractivity contribution < 1.29 is 0 Å². The SMILES string of the molecule is c1cc2nccc(NCc3cc4c(s3)CCC4)c2cn1. The van der Waals surface area contributed by atoms with Crippen molar-refractivity contribution in [3.63, 3.8) is 0 Å². The molecule has 1 aliphatic rings. The molecule has 0 unspecified atom stereocenters. The van der Waals surface area contributed by atoms with Crippen LogP contribution in [0.25, 0.3) is 10.9 Å². The fourth-order valence-corrected chi connectivity index (χ4v) is 4.00. The maximum atomic E-state index is 4.36. The summed E-state index contributed by atoms with van der Waals surface area (Å²) < 4.78 is 0. The molecule has 0 atom stereocenters. The molecule has 3 heterocycles. The van der Waals surface area contributed by atoms with E-state index in [2.05, 4.69) is 21.4 Å². The van der Waals surface area contributed by atoms with Crippen molar-refractivity contribution in [3.05, 3.63) is 52.1 Å². The number of aryl methyl sites for hydroxylation is 2. The fraction of sp³-hybridized carbons (Fsp3) is 0.250. The zero-order valence-electron chi connectivity index (χ0n) is 11.1. The van der Waals surface area contributed by atoms with E-state index in [0.717, 1.165) is 23.1 Å². The van der Waals surface area contributed by atoms with E-state index >= 15 is 0 Å². The highest BCUT2D eigenvalue weighted by molar-refractivity contribution is 7.12. The van der Waals surface area contributed by atoms with Crippen LogP contribution < -0.4 is 5.32 Å². The standard InChI is InChI=1S/C16H15N3S/c1-2-11-8-12(20-16(11)3-1)9-19-15-5-7-18-14-4-6-17-10-13(14)15/h4-8,10H,1-3,9H2,(H,18,19). The van der Waals surface area contributed by atoms with Gasteiger partial charge in [0.05, 0.1) is 5.52 Å². The highest BCUT2D eigenvalue weighted by Gasteiger charge is 2.14. The third-order valence-corrected chi connectivity index (χ3v) is 5.03. The summed E-state index contributed by atoms with van der Waals surface area (Å²) in [6.07, 6.45) is 9.35. The lowest BCUT2D eigenvalue weighted by Gasteiger charge is -2.07. The van der Waals surface area contributed by atoms with E-state index in [1.54, 1.807) is 16.6 Å². The molecule has 0 bridgehead atoms. The maximum absolute atomic E-state index is 4.36. The number of thiophene rings is 1. The maximum Gasteiger partial charge on any atom is 0.0753 e. The van der Waals surface area contributed by atoms with Gasteiger partial charge in [-0.2, -0.15) is 0 Å². The summed E-state index contributed by atoms with van der Waals surface area (Å²) in [5, 5.41) is 4.61. The second kappa shape index (κ2) is 4.87. The number of nitrogens with one attached hydrogen (secondary N) is 1. The Morgan fingerprint density at radius 1 is 1.20 bits per heavy atom. The van der Waals surface area contributed by atoms with Crippen LogP contribution in [-0.4, -0.2) is 9.97 Å². The van der Waals surface area contributed by atoms with Crippen molar-refractivity contribution in [2.45, 2.75) is 25.8 Å². The molecule has 1 aliphatic carbocycles. The Balaban J connectivity index is 1.58. The van der Waals surface area contributed by atoms with Crippen LogP contribution in [0.2, 0.25) is 0 Å². The summed E-state index contributed by atoms with van der Waals surface area (Å²) in [7, 11) is 0. The highest BCUT2D eigenvalue weighted by Crippen LogP contribution is 2.31. The quantitative estimate of drug-likeness (QED) is 0.793. The van der Waals surface area contributed by atoms with Gasteiger partial charge in [-0.3, -0.25) is 9.97 Å². The van der Waals surface area contributed by atoms with Crippen LogP contribution in [0.15, 0.2) is 36.8 Å². The van der Waals surface area contributed by atoms with Crippen molar-refractivity contribution in [1.29, 1.82) is 0 Å². The second-order valence-electron chi connectivity index (χ2n) is 5.12. The van der Waals surface area contributed by atoms with Gasteiger partial charge in [0.25, 0.3) is 0 Å². The number of rotatable bonds is 3. The van der Waals surface area contributed by atoms with Crippen LogP contribution in [-0.2, 0) is 19.4 Å². The summed E-state index contributed by atoms with van der Waals surface area (Å²) in [4.78, 5) is 11.6. The molecule has 0 aromatic carbocycles. The highest BCUT2D eigenvalue weighted by atomic mass is 32.1. The van der Waals surface area contributed by atoms with E-state index < -0.39 is 0 Å². The summed E-state index contributed by atoms with van der Waals surface area (Å²) >= 11 is 1.95. The number of aromatic nitrogens is 2. The summed E-state index contributed by atoms with van der Waals surface area (Å²) in [5.41, 5.74) is 3.66. The lowest BCUT2D eigenvalue weighted by atomic mass is 10.2. The smallest absolute Gasteiger partial charge is 0.0753 e. The Bertz CT molecular complexity index is 737. The van der Waals surface area contributed by atoms with E-state index in [1.165, 1.54) is 24.1 Å². The lowest BCUT2D eigenvalue weighted by Crippen LogP contribution is -1.99. The van der Waals surface area contributed by atoms with Crippen LogP contribution in [0, 0.1) is 0 Å². The molecular formula is C16H15N3S. The third-order valence-electron chi connectivity index (χ3n) is 3.79. The number of hydrogen-bond acceptors (Lipinski definition) is 4. The number of nitrogens with zero attached hydrogens (tertiary/aromatic N) is 2. The summed E-state index contributed by atoms with van der Waals surface area (Å²) in [6.45, 7) is 0.881. The molecule has 0 saturated heterocycles. The van der Waals surface area contributed by atoms with Crippen molar-refractivity contribution >= 4 is 27.9 Å². The Morgan fingerprint density at radius 2 is 2.20 bits per heavy atom. The molecule has 3 aromatic rings. The van der Waals surface area contributed by atoms with E-state index in [4.69, 9.17) is 0 Å². The summed E-state index contributed by atoms with van der Waals surface area (Å²) in [6, 6.07) is 6.33. The Hall–Kier alpha value is -1.94. The topological polar surface area (TPSA) is 37.8 Å². The molecule has 100 valence electrons. The van der Waals surface area contributed by atoms with Crippen LogP contribution in [0.1, 0.15) is 21.7 Å². The first-order valence-corrected chi connectivity index (χ1v) is 7.75. The molecule has 0 aliphatic heterocycles. The minimum absolute atomic E-state index is 0.881. The zero-order chi connectivity index (χ0) is 13.4. The fourth-order valence-electron chi connectivity index (χ4n) is 2.80. The predicted octanol–water partition coefficient (Wildman–Crippen LogP) is 3.79. The molecule has 3 aromatic heterocycles. The average molecular weight is 281 g/mol. The van der Waals surface area contributed by atoms with Gasteiger partial charge in [-0.25, -0.2) is 0 Å². The van der Waals surface area contributed by atoms with Gasteiger partial charge in [0.1, 0.15) is 0 Å². The molecule has 0 radical (unpaired) electrons. The largest absolute Gasteiger partial charge is 0.380 e. The predicted molar refractivity (Wildman–Crippen MR) is 83.2 cm³/mol. The molecule has 4 heteroatoms. The lowest BCUT2D eigenvalue weighted by molar-refractivity contribution is 0.913. The Morgan fingerprint density at radius 3 is 3.15 bits per heavy atom. The van der Waals surface area contributed by atoms with Crippen LogP contribution >= 0.6 is 11.3 Å². The van der Waals surface area contributed by atoms with Gasteiger partial charge >= 0.3 is 0 Å². The summed E-state index contributed by atoms with van der Waals surface area (Å²) in [5.74, 6) is 0. The van der Waals surface area contributed by atoms with Gasteiger partial charge < -0.3 is 5.32 Å². The first kappa shape index (κ1) is 11.9. The molecule has 20 heavy (non-hydrogen) atoms. The van der Waals surface area contributed by atoms with E-state index in [0.29, 0.717) is 0 Å². The van der Waals surface area contributed by atoms with Gasteiger partial charge in [-0.1, -0.05) is 0 Å². The average Bonchev–Trinajstić information content (AvgIpc) is 3.06. The van der Waals surface area contributed by atoms with Crippen molar-refractivity contribution in [2.75, 3.05) is 5.32 Å². The molecule has 1 N–H and O–H groups in total. The minimum Gasteiger partial charge on any atom is -0.380 e. The van der Waals surface area contributed by atoms with Gasteiger partial charge in [0.15, 0.2) is 0 Å². The number of pyridine rings is 2. The van der Waals surface area contributed by atoms with Crippen molar-refractivity contribution in [1.82, 2.24) is 9.97 Å². The van der Waals surface area contributed by atoms with Gasteiger partial charge in [0, 0.05) is 46.0 Å². The van der Waals surface area contributed by atoms with Crippen LogP contribution in [0.4, 0.5) is 5.69 Å². The third kappa shape index (κ3) is 2.06. The number of hydrogen-bond donors (Lipinski definition) is 1. The van der Waals surface area contributed by atoms with Crippen molar-refractivity contribution in [2.24, 2.45) is 0 Å². The van der Waals surface area contributed by atoms with Crippen molar-refractivity contribution in [3.8, 4) is 0 Å². The Labute approximate surface area is 121 Å². The Kier molecular flexibility index (Phi) is 2.89. The zero-order valence-corrected chi connectivity index (χ0v) is 11.9. The molecular weight excluding hydrogens is 266 g/mol. The van der Waals surface area contributed by atoms with Gasteiger partial charge in [-0.05, 0) is 43.0 Å². The molecule has 0 spiro atoms. The molecule has 0 saturated carbocycles. The molecule has 0 fully saturated rings. The normalized spacial score (nSPS) is 13.6. The van der Waals surface area contributed by atoms with E-state index in [-0.39, 0.29) is 0 Å². The van der Waals surface area contributed by atoms with E-state index in [1.807, 2.05) is 35.9 Å². The van der Waals surface area contributed by atoms with Gasteiger partial charge in [-0.15, -0.1) is 11.3 Å². The monoisotopic (exact) mass is 281 g/mol. The molecule has 3 nitrogen and oxygen atoms in total. The number of fused-ring (bicyclic) bond motifs is 2. The second-order valence-corrected chi connectivity index (χ2v) is 6.34. The van der Waals surface area contributed by atoms with Crippen LogP contribution in [0.5, 0.6) is 0 Å². The van der Waals surface area contributed by atoms with Crippen LogP contribution in [0.3, 0.4) is 0 Å². The van der Waals surface area contributed by atoms with Gasteiger partial charge in [0.2, 0.25) is 0 Å². The minimum atomic E-state index is 0.881. The first-order valence-electron chi connectivity index (χ1n) is 6.93. The first-order chi connectivity index (χ1) is 9.90. The molecule has 0 amide bonds.